The number of carbonyl (C=O) groups is 3. The van der Waals surface area contributed by atoms with Gasteiger partial charge in [-0.1, -0.05) is 42.5 Å². The molecule has 0 saturated carbocycles. The molecule has 0 spiro atoms. The van der Waals surface area contributed by atoms with Crippen LogP contribution < -0.4 is 5.32 Å². The van der Waals surface area contributed by atoms with Crippen molar-refractivity contribution in [2.75, 3.05) is 39.5 Å². The van der Waals surface area contributed by atoms with Gasteiger partial charge in [0.1, 0.15) is 6.61 Å². The van der Waals surface area contributed by atoms with Crippen LogP contribution in [0.4, 0.5) is 0 Å². The summed E-state index contributed by atoms with van der Waals surface area (Å²) in [5, 5.41) is 11.5. The second-order valence-electron chi connectivity index (χ2n) is 8.98. The number of benzene rings is 1. The lowest BCUT2D eigenvalue weighted by atomic mass is 9.96. The zero-order chi connectivity index (χ0) is 26.2. The van der Waals surface area contributed by atoms with E-state index in [1.807, 2.05) is 30.3 Å². The first kappa shape index (κ1) is 29.3. The van der Waals surface area contributed by atoms with Crippen molar-refractivity contribution >= 4 is 17.8 Å². The number of rotatable bonds is 17. The molecule has 0 radical (unpaired) electrons. The molecule has 0 bridgehead atoms. The molecule has 1 saturated heterocycles. The van der Waals surface area contributed by atoms with E-state index in [1.165, 1.54) is 0 Å². The van der Waals surface area contributed by atoms with Crippen LogP contribution >= 0.6 is 0 Å². The topological polar surface area (TPSA) is 105 Å². The number of hydrogen-bond donors (Lipinski definition) is 2. The molecule has 36 heavy (non-hydrogen) atoms. The highest BCUT2D eigenvalue weighted by Crippen LogP contribution is 2.24. The number of esters is 1. The first-order valence-corrected chi connectivity index (χ1v) is 12.7. The average Bonchev–Trinajstić information content (AvgIpc) is 3.35. The molecule has 2 N–H and O–H groups in total. The van der Waals surface area contributed by atoms with Gasteiger partial charge in [0, 0.05) is 19.5 Å². The van der Waals surface area contributed by atoms with E-state index in [2.05, 4.69) is 18.5 Å². The third-order valence-electron chi connectivity index (χ3n) is 6.22. The molecule has 8 heteroatoms. The van der Waals surface area contributed by atoms with Gasteiger partial charge in [0.05, 0.1) is 37.7 Å². The number of ether oxygens (including phenoxy) is 2. The van der Waals surface area contributed by atoms with Crippen molar-refractivity contribution in [2.45, 2.75) is 44.6 Å². The van der Waals surface area contributed by atoms with E-state index in [4.69, 9.17) is 14.6 Å². The fourth-order valence-corrected chi connectivity index (χ4v) is 4.39. The van der Waals surface area contributed by atoms with Gasteiger partial charge in [0.15, 0.2) is 0 Å². The van der Waals surface area contributed by atoms with Crippen LogP contribution in [0.3, 0.4) is 0 Å². The molecule has 2 rings (SSSR count). The summed E-state index contributed by atoms with van der Waals surface area (Å²) in [6, 6.07) is 9.59. The van der Waals surface area contributed by atoms with Gasteiger partial charge >= 0.3 is 5.97 Å². The molecule has 1 aromatic carbocycles. The van der Waals surface area contributed by atoms with Crippen LogP contribution in [0.25, 0.3) is 0 Å². The number of nitrogens with one attached hydrogen (secondary N) is 1. The molecule has 0 unspecified atom stereocenters. The molecule has 1 aliphatic heterocycles. The summed E-state index contributed by atoms with van der Waals surface area (Å²) < 4.78 is 10.8. The van der Waals surface area contributed by atoms with E-state index >= 15 is 0 Å². The van der Waals surface area contributed by atoms with Crippen molar-refractivity contribution in [3.63, 3.8) is 0 Å². The van der Waals surface area contributed by atoms with Crippen LogP contribution in [-0.2, 0) is 30.3 Å². The van der Waals surface area contributed by atoms with E-state index in [9.17, 15) is 14.4 Å². The maximum atomic E-state index is 13.3. The highest BCUT2D eigenvalue weighted by molar-refractivity contribution is 5.86. The van der Waals surface area contributed by atoms with Crippen LogP contribution in [0, 0.1) is 11.8 Å². The molecule has 1 heterocycles. The average molecular weight is 501 g/mol. The minimum atomic E-state index is -0.524. The van der Waals surface area contributed by atoms with Crippen molar-refractivity contribution in [1.29, 1.82) is 0 Å². The lowest BCUT2D eigenvalue weighted by molar-refractivity contribution is -0.152. The van der Waals surface area contributed by atoms with Gasteiger partial charge in [0.25, 0.3) is 0 Å². The quantitative estimate of drug-likeness (QED) is 0.194. The Kier molecular flexibility index (Phi) is 13.5. The van der Waals surface area contributed by atoms with Gasteiger partial charge in [-0.3, -0.25) is 14.4 Å². The molecular formula is C28H40N2O6. The number of aliphatic hydroxyl groups is 1. The Morgan fingerprint density at radius 1 is 1.11 bits per heavy atom. The summed E-state index contributed by atoms with van der Waals surface area (Å²) >= 11 is 0. The molecule has 3 atom stereocenters. The predicted molar refractivity (Wildman–Crippen MR) is 138 cm³/mol. The number of aliphatic hydroxyl groups excluding tert-OH is 1. The van der Waals surface area contributed by atoms with Gasteiger partial charge in [-0.05, 0) is 37.7 Å². The molecule has 198 valence electrons. The van der Waals surface area contributed by atoms with Gasteiger partial charge in [-0.2, -0.15) is 0 Å². The Morgan fingerprint density at radius 3 is 2.53 bits per heavy atom. The Balaban J connectivity index is 1.90. The molecule has 1 aromatic rings. The predicted octanol–water partition coefficient (Wildman–Crippen LogP) is 2.66. The lowest BCUT2D eigenvalue weighted by Crippen LogP contribution is -2.43. The van der Waals surface area contributed by atoms with Crippen molar-refractivity contribution in [3.8, 4) is 0 Å². The molecule has 0 aliphatic carbocycles. The van der Waals surface area contributed by atoms with E-state index < -0.39 is 5.92 Å². The summed E-state index contributed by atoms with van der Waals surface area (Å²) in [5.74, 6) is -1.49. The van der Waals surface area contributed by atoms with Crippen LogP contribution in [0.2, 0.25) is 0 Å². The zero-order valence-electron chi connectivity index (χ0n) is 21.1. The minimum Gasteiger partial charge on any atom is -0.463 e. The van der Waals surface area contributed by atoms with Crippen LogP contribution in [0.5, 0.6) is 0 Å². The molecular weight excluding hydrogens is 460 g/mol. The maximum Gasteiger partial charge on any atom is 0.309 e. The Bertz CT molecular complexity index is 844. The summed E-state index contributed by atoms with van der Waals surface area (Å²) in [5.41, 5.74) is 1.06. The summed E-state index contributed by atoms with van der Waals surface area (Å²) in [6.45, 7) is 8.98. The third kappa shape index (κ3) is 9.95. The highest BCUT2D eigenvalue weighted by atomic mass is 16.5. The Labute approximate surface area is 214 Å². The number of nitrogens with zero attached hydrogens (tertiary/aromatic N) is 1. The van der Waals surface area contributed by atoms with E-state index in [0.717, 1.165) is 18.4 Å². The molecule has 8 nitrogen and oxygen atoms in total. The molecule has 1 aliphatic rings. The van der Waals surface area contributed by atoms with Gasteiger partial charge < -0.3 is 24.8 Å². The largest absolute Gasteiger partial charge is 0.463 e. The van der Waals surface area contributed by atoms with E-state index in [0.29, 0.717) is 39.0 Å². The minimum absolute atomic E-state index is 0.0480. The van der Waals surface area contributed by atoms with Crippen LogP contribution in [0.15, 0.2) is 55.6 Å². The SMILES string of the molecule is C=CC[C@@H](Cc1ccccc1)C(=O)OC[C@@H]1CCCN1C(=O)[C@H](CC=C)CC(=O)NCCOCCO. The van der Waals surface area contributed by atoms with Crippen molar-refractivity contribution < 1.29 is 29.0 Å². The van der Waals surface area contributed by atoms with Crippen molar-refractivity contribution in [2.24, 2.45) is 11.8 Å². The molecule has 1 fully saturated rings. The number of carbonyl (C=O) groups excluding carboxylic acids is 3. The summed E-state index contributed by atoms with van der Waals surface area (Å²) in [4.78, 5) is 40.3. The van der Waals surface area contributed by atoms with Gasteiger partial charge in [-0.15, -0.1) is 13.2 Å². The van der Waals surface area contributed by atoms with Crippen molar-refractivity contribution in [3.05, 3.63) is 61.2 Å². The fourth-order valence-electron chi connectivity index (χ4n) is 4.39. The zero-order valence-corrected chi connectivity index (χ0v) is 21.1. The Hall–Kier alpha value is -2.97. The van der Waals surface area contributed by atoms with Gasteiger partial charge in [-0.25, -0.2) is 0 Å². The second kappa shape index (κ2) is 16.7. The number of amides is 2. The fraction of sp³-hybridized carbons (Fsp3) is 0.536. The lowest BCUT2D eigenvalue weighted by Gasteiger charge is -2.28. The van der Waals surface area contributed by atoms with Gasteiger partial charge in [0.2, 0.25) is 11.8 Å². The third-order valence-corrected chi connectivity index (χ3v) is 6.22. The molecule has 0 aromatic heterocycles. The first-order valence-electron chi connectivity index (χ1n) is 12.7. The maximum absolute atomic E-state index is 13.3. The monoisotopic (exact) mass is 500 g/mol. The standard InChI is InChI=1S/C28H40N2O6/c1-3-9-23(20-26(32)29-14-17-35-18-16-31)27(33)30-15-8-13-25(30)21-36-28(34)24(10-4-2)19-22-11-6-5-7-12-22/h3-7,11-12,23-25,31H,1-2,8-10,13-21H2,(H,29,32)/t23-,24+,25+/m1/s1. The first-order chi connectivity index (χ1) is 17.5. The smallest absolute Gasteiger partial charge is 0.309 e. The summed E-state index contributed by atoms with van der Waals surface area (Å²) in [6.07, 6.45) is 6.46. The number of allylic oxidation sites excluding steroid dienone is 2. The van der Waals surface area contributed by atoms with E-state index in [-0.39, 0.29) is 56.0 Å². The normalized spacial score (nSPS) is 16.7. The molecule has 2 amide bonds. The van der Waals surface area contributed by atoms with Crippen LogP contribution in [0.1, 0.15) is 37.7 Å². The summed E-state index contributed by atoms with van der Waals surface area (Å²) in [7, 11) is 0. The van der Waals surface area contributed by atoms with E-state index in [1.54, 1.807) is 17.1 Å². The number of hydrogen-bond acceptors (Lipinski definition) is 6. The Morgan fingerprint density at radius 2 is 1.83 bits per heavy atom. The number of likely N-dealkylation sites (tertiary alicyclic amines) is 1. The van der Waals surface area contributed by atoms with Crippen LogP contribution in [-0.4, -0.2) is 73.3 Å². The van der Waals surface area contributed by atoms with Crippen molar-refractivity contribution in [1.82, 2.24) is 10.2 Å². The highest BCUT2D eigenvalue weighted by Gasteiger charge is 2.34. The second-order valence-corrected chi connectivity index (χ2v) is 8.98.